The molecule has 1 aromatic heterocycles. The van der Waals surface area contributed by atoms with Gasteiger partial charge in [0.05, 0.1) is 12.1 Å². The maximum absolute atomic E-state index is 11.8. The van der Waals surface area contributed by atoms with Gasteiger partial charge in [-0.25, -0.2) is 4.79 Å². The number of amides is 2. The number of thiophene rings is 1. The molecule has 0 aromatic carbocycles. The first-order valence-electron chi connectivity index (χ1n) is 6.45. The van der Waals surface area contributed by atoms with Crippen molar-refractivity contribution >= 4 is 34.1 Å². The van der Waals surface area contributed by atoms with Gasteiger partial charge in [-0.2, -0.15) is 0 Å². The van der Waals surface area contributed by atoms with Crippen LogP contribution in [0.25, 0.3) is 0 Å². The Bertz CT molecular complexity index is 585. The number of nitrogens with one attached hydrogen (secondary N) is 2. The molecule has 3 N–H and O–H groups in total. The van der Waals surface area contributed by atoms with E-state index >= 15 is 0 Å². The van der Waals surface area contributed by atoms with Crippen molar-refractivity contribution in [2.75, 3.05) is 11.9 Å². The Morgan fingerprint density at radius 1 is 1.19 bits per heavy atom. The molecular weight excluding hydrogens is 292 g/mol. The normalized spacial score (nSPS) is 11.1. The van der Waals surface area contributed by atoms with Crippen LogP contribution in [0.15, 0.2) is 0 Å². The van der Waals surface area contributed by atoms with Crippen molar-refractivity contribution in [1.82, 2.24) is 5.32 Å². The average Bonchev–Trinajstić information content (AvgIpc) is 2.60. The number of carbonyl (C=O) groups excluding carboxylic acids is 2. The summed E-state index contributed by atoms with van der Waals surface area (Å²) in [5.41, 5.74) is 0.164. The summed E-state index contributed by atoms with van der Waals surface area (Å²) in [6.45, 7) is 8.54. The van der Waals surface area contributed by atoms with Crippen LogP contribution in [0.3, 0.4) is 0 Å². The molecule has 0 radical (unpaired) electrons. The minimum absolute atomic E-state index is 0.105. The zero-order valence-electron chi connectivity index (χ0n) is 12.8. The van der Waals surface area contributed by atoms with Crippen molar-refractivity contribution in [3.63, 3.8) is 0 Å². The number of carboxylic acid groups (broad SMARTS) is 1. The van der Waals surface area contributed by atoms with E-state index in [1.807, 2.05) is 0 Å². The predicted octanol–water partition coefficient (Wildman–Crippen LogP) is 2.16. The summed E-state index contributed by atoms with van der Waals surface area (Å²) in [6.07, 6.45) is 0. The van der Waals surface area contributed by atoms with Gasteiger partial charge in [-0.1, -0.05) is 20.8 Å². The second-order valence-corrected chi connectivity index (χ2v) is 7.00. The third-order valence-electron chi connectivity index (χ3n) is 2.94. The summed E-state index contributed by atoms with van der Waals surface area (Å²) in [4.78, 5) is 35.6. The summed E-state index contributed by atoms with van der Waals surface area (Å²) in [7, 11) is 0. The fourth-order valence-electron chi connectivity index (χ4n) is 1.57. The lowest BCUT2D eigenvalue weighted by atomic mass is 9.96. The first kappa shape index (κ1) is 17.2. The highest BCUT2D eigenvalue weighted by molar-refractivity contribution is 7.16. The molecule has 0 fully saturated rings. The lowest BCUT2D eigenvalue weighted by Crippen LogP contribution is -2.39. The lowest BCUT2D eigenvalue weighted by Gasteiger charge is -2.17. The molecule has 0 spiro atoms. The number of carboxylic acids is 1. The third kappa shape index (κ3) is 4.29. The van der Waals surface area contributed by atoms with E-state index in [0.717, 1.165) is 4.88 Å². The van der Waals surface area contributed by atoms with Crippen LogP contribution in [0, 0.1) is 19.3 Å². The largest absolute Gasteiger partial charge is 0.478 e. The molecule has 7 heteroatoms. The van der Waals surface area contributed by atoms with Crippen LogP contribution >= 0.6 is 11.3 Å². The van der Waals surface area contributed by atoms with Gasteiger partial charge in [0.25, 0.3) is 0 Å². The van der Waals surface area contributed by atoms with Gasteiger partial charge < -0.3 is 15.7 Å². The molecule has 0 saturated carbocycles. The van der Waals surface area contributed by atoms with Crippen LogP contribution in [0.2, 0.25) is 0 Å². The Balaban J connectivity index is 2.75. The molecule has 0 aliphatic carbocycles. The molecule has 0 atom stereocenters. The summed E-state index contributed by atoms with van der Waals surface area (Å²) < 4.78 is 0. The van der Waals surface area contributed by atoms with E-state index in [9.17, 15) is 19.5 Å². The second kappa shape index (κ2) is 6.26. The van der Waals surface area contributed by atoms with Crippen molar-refractivity contribution in [3.05, 3.63) is 16.0 Å². The molecule has 0 aliphatic rings. The summed E-state index contributed by atoms with van der Waals surface area (Å²) in [5, 5.41) is 14.5. The highest BCUT2D eigenvalue weighted by atomic mass is 32.1. The van der Waals surface area contributed by atoms with Gasteiger partial charge in [0, 0.05) is 10.3 Å². The molecule has 1 aromatic rings. The number of carbonyl (C=O) groups is 3. The van der Waals surface area contributed by atoms with Gasteiger partial charge in [-0.05, 0) is 19.4 Å². The number of hydrogen-bond donors (Lipinski definition) is 3. The zero-order chi connectivity index (χ0) is 16.4. The number of anilines is 1. The highest BCUT2D eigenvalue weighted by Crippen LogP contribution is 2.32. The van der Waals surface area contributed by atoms with Crippen LogP contribution in [-0.4, -0.2) is 29.4 Å². The number of hydrogen-bond acceptors (Lipinski definition) is 4. The van der Waals surface area contributed by atoms with Crippen molar-refractivity contribution in [3.8, 4) is 0 Å². The van der Waals surface area contributed by atoms with E-state index < -0.39 is 17.3 Å². The molecule has 2 amide bonds. The minimum Gasteiger partial charge on any atom is -0.478 e. The zero-order valence-corrected chi connectivity index (χ0v) is 13.6. The summed E-state index contributed by atoms with van der Waals surface area (Å²) >= 11 is 1.21. The van der Waals surface area contributed by atoms with E-state index in [1.165, 1.54) is 11.3 Å². The predicted molar refractivity (Wildman–Crippen MR) is 81.8 cm³/mol. The monoisotopic (exact) mass is 312 g/mol. The first-order chi connectivity index (χ1) is 9.54. The van der Waals surface area contributed by atoms with E-state index in [2.05, 4.69) is 10.6 Å². The van der Waals surface area contributed by atoms with Crippen molar-refractivity contribution in [1.29, 1.82) is 0 Å². The van der Waals surface area contributed by atoms with Gasteiger partial charge in [0.1, 0.15) is 5.00 Å². The third-order valence-corrected chi connectivity index (χ3v) is 4.07. The molecule has 0 saturated heterocycles. The van der Waals surface area contributed by atoms with Crippen molar-refractivity contribution in [2.24, 2.45) is 5.41 Å². The standard InChI is InChI=1S/C14H20N2O4S/c1-7-8(2)21-11(10(7)12(18)19)16-9(17)6-15-13(20)14(3,4)5/h6H2,1-5H3,(H,15,20)(H,16,17)(H,18,19). The molecule has 116 valence electrons. The van der Waals surface area contributed by atoms with Crippen molar-refractivity contribution in [2.45, 2.75) is 34.6 Å². The molecular formula is C14H20N2O4S. The van der Waals surface area contributed by atoms with Gasteiger partial charge in [-0.3, -0.25) is 9.59 Å². The fraction of sp³-hybridized carbons (Fsp3) is 0.500. The Morgan fingerprint density at radius 2 is 1.76 bits per heavy atom. The van der Waals surface area contributed by atoms with E-state index in [4.69, 9.17) is 0 Å². The molecule has 1 heterocycles. The minimum atomic E-state index is -1.08. The van der Waals surface area contributed by atoms with E-state index in [-0.39, 0.29) is 18.0 Å². The van der Waals surface area contributed by atoms with Crippen LogP contribution in [0.4, 0.5) is 5.00 Å². The molecule has 0 aliphatic heterocycles. The van der Waals surface area contributed by atoms with Crippen LogP contribution in [0.5, 0.6) is 0 Å². The molecule has 1 rings (SSSR count). The molecule has 0 unspecified atom stereocenters. The Kier molecular flexibility index (Phi) is 5.11. The Hall–Kier alpha value is -1.89. The van der Waals surface area contributed by atoms with Gasteiger partial charge in [0.2, 0.25) is 11.8 Å². The van der Waals surface area contributed by atoms with Crippen LogP contribution in [-0.2, 0) is 9.59 Å². The summed E-state index contributed by atoms with van der Waals surface area (Å²) in [5.74, 6) is -1.77. The Morgan fingerprint density at radius 3 is 2.24 bits per heavy atom. The highest BCUT2D eigenvalue weighted by Gasteiger charge is 2.23. The number of aryl methyl sites for hydroxylation is 1. The number of rotatable bonds is 4. The molecule has 21 heavy (non-hydrogen) atoms. The molecule has 0 bridgehead atoms. The fourth-order valence-corrected chi connectivity index (χ4v) is 2.64. The maximum Gasteiger partial charge on any atom is 0.338 e. The summed E-state index contributed by atoms with van der Waals surface area (Å²) in [6, 6.07) is 0. The van der Waals surface area contributed by atoms with Gasteiger partial charge in [-0.15, -0.1) is 11.3 Å². The van der Waals surface area contributed by atoms with Crippen LogP contribution < -0.4 is 10.6 Å². The Labute approximate surface area is 127 Å². The van der Waals surface area contributed by atoms with Crippen LogP contribution in [0.1, 0.15) is 41.6 Å². The smallest absolute Gasteiger partial charge is 0.338 e. The quantitative estimate of drug-likeness (QED) is 0.794. The van der Waals surface area contributed by atoms with E-state index in [1.54, 1.807) is 34.6 Å². The topological polar surface area (TPSA) is 95.5 Å². The average molecular weight is 312 g/mol. The van der Waals surface area contributed by atoms with Crippen molar-refractivity contribution < 1.29 is 19.5 Å². The SMILES string of the molecule is Cc1sc(NC(=O)CNC(=O)C(C)(C)C)c(C(=O)O)c1C. The van der Waals surface area contributed by atoms with Gasteiger partial charge in [0.15, 0.2) is 0 Å². The second-order valence-electron chi connectivity index (χ2n) is 5.77. The lowest BCUT2D eigenvalue weighted by molar-refractivity contribution is -0.130. The van der Waals surface area contributed by atoms with E-state index in [0.29, 0.717) is 10.6 Å². The maximum atomic E-state index is 11.8. The number of aromatic carboxylic acids is 1. The first-order valence-corrected chi connectivity index (χ1v) is 7.27. The molecule has 6 nitrogen and oxygen atoms in total. The van der Waals surface area contributed by atoms with Gasteiger partial charge >= 0.3 is 5.97 Å².